The van der Waals surface area contributed by atoms with Crippen molar-refractivity contribution in [3.63, 3.8) is 0 Å². The van der Waals surface area contributed by atoms with Gasteiger partial charge in [-0.25, -0.2) is 9.59 Å². The number of methoxy groups -OCH3 is 1. The number of ether oxygens (including phenoxy) is 3. The van der Waals surface area contributed by atoms with E-state index in [1.54, 1.807) is 20.8 Å². The van der Waals surface area contributed by atoms with Crippen molar-refractivity contribution in [3.05, 3.63) is 35.9 Å². The minimum Gasteiger partial charge on any atom is -0.469 e. The molecule has 0 saturated carbocycles. The van der Waals surface area contributed by atoms with Gasteiger partial charge in [0.05, 0.1) is 25.6 Å². The Morgan fingerprint density at radius 1 is 1.18 bits per heavy atom. The van der Waals surface area contributed by atoms with E-state index in [9.17, 15) is 14.4 Å². The summed E-state index contributed by atoms with van der Waals surface area (Å²) in [6.45, 7) is 5.78. The van der Waals surface area contributed by atoms with Gasteiger partial charge in [-0.15, -0.1) is 0 Å². The molecule has 1 N–H and O–H groups in total. The molecule has 2 amide bonds. The van der Waals surface area contributed by atoms with Gasteiger partial charge in [0.1, 0.15) is 12.2 Å². The predicted molar refractivity (Wildman–Crippen MR) is 102 cm³/mol. The highest BCUT2D eigenvalue weighted by atomic mass is 16.6. The average molecular weight is 392 g/mol. The van der Waals surface area contributed by atoms with Crippen molar-refractivity contribution >= 4 is 18.2 Å². The van der Waals surface area contributed by atoms with Gasteiger partial charge < -0.3 is 24.4 Å². The third-order valence-corrected chi connectivity index (χ3v) is 4.29. The first-order chi connectivity index (χ1) is 13.2. The number of alkyl carbamates (subject to hydrolysis) is 1. The SMILES string of the molecule is COC(=O)C[C@H]1[C@H](NC(=O)OC(C)(C)C)CCN1C(=O)OCc1ccccc1. The number of likely N-dealkylation sites (tertiary alicyclic amines) is 1. The first-order valence-electron chi connectivity index (χ1n) is 9.23. The molecule has 154 valence electrons. The molecule has 1 heterocycles. The molecule has 1 aromatic carbocycles. The number of hydrogen-bond donors (Lipinski definition) is 1. The average Bonchev–Trinajstić information content (AvgIpc) is 3.01. The summed E-state index contributed by atoms with van der Waals surface area (Å²) in [5.74, 6) is -0.469. The fourth-order valence-corrected chi connectivity index (χ4v) is 3.02. The second-order valence-electron chi connectivity index (χ2n) is 7.62. The van der Waals surface area contributed by atoms with Crippen LogP contribution in [0.25, 0.3) is 0 Å². The number of carbonyl (C=O) groups excluding carboxylic acids is 3. The van der Waals surface area contributed by atoms with Gasteiger partial charge in [-0.05, 0) is 32.8 Å². The molecule has 2 atom stereocenters. The molecule has 28 heavy (non-hydrogen) atoms. The fraction of sp³-hybridized carbons (Fsp3) is 0.550. The van der Waals surface area contributed by atoms with E-state index in [2.05, 4.69) is 5.32 Å². The van der Waals surface area contributed by atoms with Crippen molar-refractivity contribution in [1.82, 2.24) is 10.2 Å². The summed E-state index contributed by atoms with van der Waals surface area (Å²) in [4.78, 5) is 38.0. The molecule has 0 radical (unpaired) electrons. The number of benzene rings is 1. The maximum atomic E-state index is 12.6. The van der Waals surface area contributed by atoms with Crippen molar-refractivity contribution < 1.29 is 28.6 Å². The Labute approximate surface area is 165 Å². The van der Waals surface area contributed by atoms with Gasteiger partial charge in [0.25, 0.3) is 0 Å². The van der Waals surface area contributed by atoms with Crippen molar-refractivity contribution in [2.45, 2.75) is 57.9 Å². The first kappa shape index (κ1) is 21.5. The largest absolute Gasteiger partial charge is 0.469 e. The molecule has 0 aliphatic carbocycles. The summed E-state index contributed by atoms with van der Waals surface area (Å²) in [6.07, 6.45) is -0.684. The van der Waals surface area contributed by atoms with Crippen LogP contribution < -0.4 is 5.32 Å². The van der Waals surface area contributed by atoms with E-state index in [4.69, 9.17) is 14.2 Å². The van der Waals surface area contributed by atoms with Crippen LogP contribution in [-0.2, 0) is 25.6 Å². The first-order valence-corrected chi connectivity index (χ1v) is 9.23. The lowest BCUT2D eigenvalue weighted by atomic mass is 10.1. The van der Waals surface area contributed by atoms with Crippen LogP contribution in [0.2, 0.25) is 0 Å². The number of nitrogens with one attached hydrogen (secondary N) is 1. The molecule has 0 bridgehead atoms. The number of amides is 2. The van der Waals surface area contributed by atoms with E-state index in [0.29, 0.717) is 13.0 Å². The van der Waals surface area contributed by atoms with Gasteiger partial charge in [0.15, 0.2) is 0 Å². The monoisotopic (exact) mass is 392 g/mol. The second-order valence-corrected chi connectivity index (χ2v) is 7.62. The summed E-state index contributed by atoms with van der Waals surface area (Å²) < 4.78 is 15.4. The van der Waals surface area contributed by atoms with Crippen LogP contribution in [0.1, 0.15) is 39.2 Å². The van der Waals surface area contributed by atoms with E-state index in [0.717, 1.165) is 5.56 Å². The zero-order chi connectivity index (χ0) is 20.7. The lowest BCUT2D eigenvalue weighted by Gasteiger charge is -2.28. The molecular formula is C20H28N2O6. The van der Waals surface area contributed by atoms with Crippen molar-refractivity contribution in [1.29, 1.82) is 0 Å². The number of rotatable bonds is 5. The van der Waals surface area contributed by atoms with E-state index in [-0.39, 0.29) is 13.0 Å². The Bertz CT molecular complexity index is 686. The second kappa shape index (κ2) is 9.43. The Morgan fingerprint density at radius 3 is 2.46 bits per heavy atom. The summed E-state index contributed by atoms with van der Waals surface area (Å²) in [7, 11) is 1.28. The predicted octanol–water partition coefficient (Wildman–Crippen LogP) is 2.85. The van der Waals surface area contributed by atoms with Crippen molar-refractivity contribution in [3.8, 4) is 0 Å². The number of hydrogen-bond acceptors (Lipinski definition) is 6. The Balaban J connectivity index is 2.02. The Morgan fingerprint density at radius 2 is 1.86 bits per heavy atom. The summed E-state index contributed by atoms with van der Waals surface area (Å²) in [5, 5.41) is 2.76. The van der Waals surface area contributed by atoms with Crippen LogP contribution in [0, 0.1) is 0 Å². The normalized spacial score (nSPS) is 19.1. The maximum Gasteiger partial charge on any atom is 0.410 e. The lowest BCUT2D eigenvalue weighted by molar-refractivity contribution is -0.141. The zero-order valence-electron chi connectivity index (χ0n) is 16.8. The molecule has 8 heteroatoms. The Kier molecular flexibility index (Phi) is 7.25. The van der Waals surface area contributed by atoms with Crippen LogP contribution in [0.5, 0.6) is 0 Å². The van der Waals surface area contributed by atoms with Crippen LogP contribution in [-0.4, -0.2) is 54.4 Å². The van der Waals surface area contributed by atoms with E-state index < -0.39 is 35.8 Å². The van der Waals surface area contributed by atoms with Crippen molar-refractivity contribution in [2.75, 3.05) is 13.7 Å². The molecule has 1 aromatic rings. The maximum absolute atomic E-state index is 12.6. The number of esters is 1. The van der Waals surface area contributed by atoms with Gasteiger partial charge in [0.2, 0.25) is 0 Å². The topological polar surface area (TPSA) is 94.2 Å². The smallest absolute Gasteiger partial charge is 0.410 e. The number of nitrogens with zero attached hydrogens (tertiary/aromatic N) is 1. The molecule has 8 nitrogen and oxygen atoms in total. The summed E-state index contributed by atoms with van der Waals surface area (Å²) >= 11 is 0. The zero-order valence-corrected chi connectivity index (χ0v) is 16.8. The van der Waals surface area contributed by atoms with Gasteiger partial charge in [-0.3, -0.25) is 4.79 Å². The molecule has 0 spiro atoms. The quantitative estimate of drug-likeness (QED) is 0.612. The molecular weight excluding hydrogens is 364 g/mol. The highest BCUT2D eigenvalue weighted by molar-refractivity contribution is 5.74. The molecule has 1 aliphatic rings. The molecule has 1 fully saturated rings. The molecule has 0 aromatic heterocycles. The minimum atomic E-state index is -0.644. The molecule has 1 aliphatic heterocycles. The Hall–Kier alpha value is -2.77. The highest BCUT2D eigenvalue weighted by Crippen LogP contribution is 2.23. The van der Waals surface area contributed by atoms with Gasteiger partial charge in [0, 0.05) is 6.54 Å². The van der Waals surface area contributed by atoms with Gasteiger partial charge in [-0.2, -0.15) is 0 Å². The van der Waals surface area contributed by atoms with E-state index in [1.807, 2.05) is 30.3 Å². The van der Waals surface area contributed by atoms with Crippen LogP contribution >= 0.6 is 0 Å². The van der Waals surface area contributed by atoms with E-state index in [1.165, 1.54) is 12.0 Å². The molecule has 2 rings (SSSR count). The fourth-order valence-electron chi connectivity index (χ4n) is 3.02. The highest BCUT2D eigenvalue weighted by Gasteiger charge is 2.40. The summed E-state index contributed by atoms with van der Waals surface area (Å²) in [6, 6.07) is 8.32. The van der Waals surface area contributed by atoms with Crippen LogP contribution in [0.15, 0.2) is 30.3 Å². The van der Waals surface area contributed by atoms with E-state index >= 15 is 0 Å². The van der Waals surface area contributed by atoms with Gasteiger partial charge >= 0.3 is 18.2 Å². The summed E-state index contributed by atoms with van der Waals surface area (Å²) in [5.41, 5.74) is 0.220. The van der Waals surface area contributed by atoms with Crippen LogP contribution in [0.3, 0.4) is 0 Å². The minimum absolute atomic E-state index is 0.0442. The van der Waals surface area contributed by atoms with Crippen LogP contribution in [0.4, 0.5) is 9.59 Å². The molecule has 0 unspecified atom stereocenters. The van der Waals surface area contributed by atoms with Gasteiger partial charge in [-0.1, -0.05) is 30.3 Å². The van der Waals surface area contributed by atoms with Crippen molar-refractivity contribution in [2.24, 2.45) is 0 Å². The number of carbonyl (C=O) groups is 3. The lowest BCUT2D eigenvalue weighted by Crippen LogP contribution is -2.49. The third-order valence-electron chi connectivity index (χ3n) is 4.29. The molecule has 1 saturated heterocycles. The third kappa shape index (κ3) is 6.44. The standard InChI is InChI=1S/C20H28N2O6/c1-20(2,3)28-18(24)21-15-10-11-22(16(15)12-17(23)26-4)19(25)27-13-14-8-6-5-7-9-14/h5-9,15-16H,10-13H2,1-4H3,(H,21,24)/t15-,16+/m1/s1.